The van der Waals surface area contributed by atoms with Gasteiger partial charge in [-0.05, 0) is 31.6 Å². The Morgan fingerprint density at radius 3 is 2.06 bits per heavy atom. The van der Waals surface area contributed by atoms with Gasteiger partial charge in [0.1, 0.15) is 0 Å². The highest BCUT2D eigenvalue weighted by molar-refractivity contribution is 4.68. The molecule has 16 heavy (non-hydrogen) atoms. The van der Waals surface area contributed by atoms with Gasteiger partial charge < -0.3 is 5.11 Å². The second kappa shape index (κ2) is 9.04. The molecule has 0 spiro atoms. The van der Waals surface area contributed by atoms with Crippen LogP contribution in [-0.4, -0.2) is 11.2 Å². The molecule has 1 unspecified atom stereocenters. The maximum absolute atomic E-state index is 9.14. The summed E-state index contributed by atoms with van der Waals surface area (Å²) in [6.07, 6.45) is 11.5. The summed E-state index contributed by atoms with van der Waals surface area (Å²) in [5.74, 6) is 0. The molecule has 0 aromatic heterocycles. The van der Waals surface area contributed by atoms with E-state index in [4.69, 9.17) is 5.11 Å². The molecule has 0 heterocycles. The van der Waals surface area contributed by atoms with Crippen molar-refractivity contribution < 1.29 is 5.11 Å². The van der Waals surface area contributed by atoms with Gasteiger partial charge in [-0.15, -0.1) is 0 Å². The van der Waals surface area contributed by atoms with Crippen molar-refractivity contribution in [1.82, 2.24) is 0 Å². The van der Waals surface area contributed by atoms with Crippen LogP contribution >= 0.6 is 0 Å². The number of rotatable bonds is 10. The van der Waals surface area contributed by atoms with E-state index in [1.165, 1.54) is 51.4 Å². The van der Waals surface area contributed by atoms with E-state index in [0.29, 0.717) is 5.41 Å². The highest BCUT2D eigenvalue weighted by Gasteiger charge is 2.15. The Morgan fingerprint density at radius 1 is 0.938 bits per heavy atom. The fourth-order valence-electron chi connectivity index (χ4n) is 2.18. The smallest absolute Gasteiger partial charge is 0.0512 e. The molecule has 0 radical (unpaired) electrons. The molecule has 0 aromatic rings. The average Bonchev–Trinajstić information content (AvgIpc) is 2.20. The predicted octanol–water partition coefficient (Wildman–Crippen LogP) is 4.92. The van der Waals surface area contributed by atoms with E-state index >= 15 is 0 Å². The minimum Gasteiger partial charge on any atom is -0.393 e. The molecule has 0 aliphatic heterocycles. The zero-order valence-electron chi connectivity index (χ0n) is 11.9. The fraction of sp³-hybridized carbons (Fsp3) is 1.00. The molecule has 0 rings (SSSR count). The van der Waals surface area contributed by atoms with Crippen molar-refractivity contribution in [2.45, 2.75) is 91.6 Å². The lowest BCUT2D eigenvalue weighted by Gasteiger charge is -2.24. The van der Waals surface area contributed by atoms with Crippen molar-refractivity contribution in [2.24, 2.45) is 5.41 Å². The van der Waals surface area contributed by atoms with Gasteiger partial charge in [0.15, 0.2) is 0 Å². The van der Waals surface area contributed by atoms with E-state index < -0.39 is 0 Å². The minimum absolute atomic E-state index is 0.110. The third-order valence-corrected chi connectivity index (χ3v) is 3.43. The first kappa shape index (κ1) is 16.0. The first-order valence-corrected chi connectivity index (χ1v) is 7.16. The van der Waals surface area contributed by atoms with Crippen molar-refractivity contribution in [3.63, 3.8) is 0 Å². The van der Waals surface area contributed by atoms with Crippen LogP contribution in [0, 0.1) is 5.41 Å². The summed E-state index contributed by atoms with van der Waals surface area (Å²) >= 11 is 0. The Labute approximate surface area is 103 Å². The zero-order valence-corrected chi connectivity index (χ0v) is 11.9. The molecule has 0 aliphatic rings. The van der Waals surface area contributed by atoms with Gasteiger partial charge in [-0.2, -0.15) is 0 Å². The lowest BCUT2D eigenvalue weighted by molar-refractivity contribution is 0.180. The lowest BCUT2D eigenvalue weighted by atomic mass is 9.82. The number of aliphatic hydroxyl groups is 1. The van der Waals surface area contributed by atoms with Crippen LogP contribution in [0.15, 0.2) is 0 Å². The highest BCUT2D eigenvalue weighted by Crippen LogP contribution is 2.29. The van der Waals surface area contributed by atoms with E-state index in [2.05, 4.69) is 20.8 Å². The Morgan fingerprint density at radius 2 is 1.50 bits per heavy atom. The summed E-state index contributed by atoms with van der Waals surface area (Å²) in [6, 6.07) is 0. The van der Waals surface area contributed by atoms with Crippen molar-refractivity contribution in [1.29, 1.82) is 0 Å². The molecule has 0 amide bonds. The van der Waals surface area contributed by atoms with Gasteiger partial charge in [0.25, 0.3) is 0 Å². The van der Waals surface area contributed by atoms with Gasteiger partial charge in [-0.25, -0.2) is 0 Å². The molecule has 0 saturated heterocycles. The van der Waals surface area contributed by atoms with Crippen molar-refractivity contribution in [3.05, 3.63) is 0 Å². The number of unbranched alkanes of at least 4 members (excludes halogenated alkanes) is 4. The van der Waals surface area contributed by atoms with Crippen LogP contribution in [0.5, 0.6) is 0 Å². The first-order valence-electron chi connectivity index (χ1n) is 7.16. The van der Waals surface area contributed by atoms with Gasteiger partial charge in [-0.1, -0.05) is 59.3 Å². The molecule has 0 saturated carbocycles. The number of aliphatic hydroxyl groups excluding tert-OH is 1. The Kier molecular flexibility index (Phi) is 9.02. The van der Waals surface area contributed by atoms with Crippen LogP contribution < -0.4 is 0 Å². The van der Waals surface area contributed by atoms with E-state index in [-0.39, 0.29) is 6.10 Å². The molecule has 0 bridgehead atoms. The van der Waals surface area contributed by atoms with E-state index in [9.17, 15) is 0 Å². The molecule has 1 atom stereocenters. The molecule has 1 N–H and O–H groups in total. The molecule has 0 fully saturated rings. The second-order valence-corrected chi connectivity index (χ2v) is 6.07. The quantitative estimate of drug-likeness (QED) is 0.526. The van der Waals surface area contributed by atoms with Gasteiger partial charge >= 0.3 is 0 Å². The number of hydrogen-bond donors (Lipinski definition) is 1. The summed E-state index contributed by atoms with van der Waals surface area (Å²) < 4.78 is 0. The average molecular weight is 228 g/mol. The molecule has 98 valence electrons. The Hall–Kier alpha value is -0.0400. The summed E-state index contributed by atoms with van der Waals surface area (Å²) in [7, 11) is 0. The van der Waals surface area contributed by atoms with Gasteiger partial charge in [0.2, 0.25) is 0 Å². The summed E-state index contributed by atoms with van der Waals surface area (Å²) in [4.78, 5) is 0. The topological polar surface area (TPSA) is 20.2 Å². The summed E-state index contributed by atoms with van der Waals surface area (Å²) in [5, 5.41) is 9.14. The zero-order chi connectivity index (χ0) is 12.4. The van der Waals surface area contributed by atoms with Crippen molar-refractivity contribution >= 4 is 0 Å². The lowest BCUT2D eigenvalue weighted by Crippen LogP contribution is -2.10. The maximum Gasteiger partial charge on any atom is 0.0512 e. The van der Waals surface area contributed by atoms with Crippen LogP contribution in [-0.2, 0) is 0 Å². The SMILES string of the molecule is CCCCC(C)(C)CCCCCCC(C)O. The molecule has 0 aliphatic carbocycles. The second-order valence-electron chi connectivity index (χ2n) is 6.07. The maximum atomic E-state index is 9.14. The molecular formula is C15H32O. The highest BCUT2D eigenvalue weighted by atomic mass is 16.3. The van der Waals surface area contributed by atoms with Crippen LogP contribution in [0.25, 0.3) is 0 Å². The van der Waals surface area contributed by atoms with Gasteiger partial charge in [0.05, 0.1) is 6.10 Å². The van der Waals surface area contributed by atoms with E-state index in [1.807, 2.05) is 6.92 Å². The monoisotopic (exact) mass is 228 g/mol. The third-order valence-electron chi connectivity index (χ3n) is 3.43. The predicted molar refractivity (Wildman–Crippen MR) is 72.7 cm³/mol. The van der Waals surface area contributed by atoms with E-state index in [1.54, 1.807) is 0 Å². The minimum atomic E-state index is -0.110. The normalized spacial score (nSPS) is 14.1. The van der Waals surface area contributed by atoms with Crippen molar-refractivity contribution in [2.75, 3.05) is 0 Å². The molecule has 0 aromatic carbocycles. The van der Waals surface area contributed by atoms with Gasteiger partial charge in [-0.3, -0.25) is 0 Å². The fourth-order valence-corrected chi connectivity index (χ4v) is 2.18. The largest absolute Gasteiger partial charge is 0.393 e. The molecule has 1 heteroatoms. The van der Waals surface area contributed by atoms with Gasteiger partial charge in [0, 0.05) is 0 Å². The Bertz CT molecular complexity index is 150. The summed E-state index contributed by atoms with van der Waals surface area (Å²) in [6.45, 7) is 8.96. The molecule has 1 nitrogen and oxygen atoms in total. The third kappa shape index (κ3) is 10.5. The first-order chi connectivity index (χ1) is 7.48. The van der Waals surface area contributed by atoms with E-state index in [0.717, 1.165) is 6.42 Å². The van der Waals surface area contributed by atoms with Crippen LogP contribution in [0.3, 0.4) is 0 Å². The standard InChI is InChI=1S/C15H32O/c1-5-6-12-15(3,4)13-10-8-7-9-11-14(2)16/h14,16H,5-13H2,1-4H3. The van der Waals surface area contributed by atoms with Crippen LogP contribution in [0.1, 0.15) is 85.5 Å². The summed E-state index contributed by atoms with van der Waals surface area (Å²) in [5.41, 5.74) is 0.542. The van der Waals surface area contributed by atoms with Crippen molar-refractivity contribution in [3.8, 4) is 0 Å². The Balaban J connectivity index is 3.35. The van der Waals surface area contributed by atoms with Crippen LogP contribution in [0.2, 0.25) is 0 Å². The van der Waals surface area contributed by atoms with Crippen LogP contribution in [0.4, 0.5) is 0 Å². The number of hydrogen-bond acceptors (Lipinski definition) is 1. The molecular weight excluding hydrogens is 196 g/mol.